The van der Waals surface area contributed by atoms with Gasteiger partial charge in [0.1, 0.15) is 5.75 Å². The van der Waals surface area contributed by atoms with Gasteiger partial charge in [-0.05, 0) is 56.5 Å². The molecule has 0 aromatic heterocycles. The molecule has 7 heteroatoms. The quantitative estimate of drug-likeness (QED) is 0.550. The molecule has 0 atom stereocenters. The minimum Gasteiger partial charge on any atom is -0.494 e. The van der Waals surface area contributed by atoms with Crippen LogP contribution in [0.4, 0.5) is 0 Å². The van der Waals surface area contributed by atoms with E-state index in [1.54, 1.807) is 0 Å². The SMILES string of the molecule is CC(=O)NOC(=O)CCCCOc1cccc(CN2CCCCC2)c1.Cl. The van der Waals surface area contributed by atoms with E-state index in [0.29, 0.717) is 13.0 Å². The number of unbranched alkanes of at least 4 members (excludes halogenated alkanes) is 1. The number of hydrogen-bond acceptors (Lipinski definition) is 5. The number of amides is 1. The van der Waals surface area contributed by atoms with Crippen molar-refractivity contribution in [2.45, 2.75) is 52.0 Å². The molecule has 6 nitrogen and oxygen atoms in total. The summed E-state index contributed by atoms with van der Waals surface area (Å²) in [5, 5.41) is 0. The predicted molar refractivity (Wildman–Crippen MR) is 102 cm³/mol. The summed E-state index contributed by atoms with van der Waals surface area (Å²) < 4.78 is 5.78. The van der Waals surface area contributed by atoms with Crippen LogP contribution in [0.2, 0.25) is 0 Å². The van der Waals surface area contributed by atoms with Gasteiger partial charge in [-0.3, -0.25) is 9.69 Å². The Kier molecular flexibility index (Phi) is 10.7. The lowest BCUT2D eigenvalue weighted by Crippen LogP contribution is -2.29. The molecule has 1 aliphatic rings. The lowest BCUT2D eigenvalue weighted by molar-refractivity contribution is -0.157. The van der Waals surface area contributed by atoms with E-state index in [1.807, 2.05) is 17.6 Å². The second-order valence-corrected chi connectivity index (χ2v) is 6.42. The van der Waals surface area contributed by atoms with Gasteiger partial charge in [-0.15, -0.1) is 12.4 Å². The summed E-state index contributed by atoms with van der Waals surface area (Å²) in [7, 11) is 0. The van der Waals surface area contributed by atoms with Gasteiger partial charge in [0.05, 0.1) is 6.61 Å². The zero-order valence-corrected chi connectivity index (χ0v) is 16.2. The number of carbonyl (C=O) groups is 2. The topological polar surface area (TPSA) is 67.9 Å². The third-order valence-electron chi connectivity index (χ3n) is 4.11. The van der Waals surface area contributed by atoms with Gasteiger partial charge >= 0.3 is 5.97 Å². The molecule has 26 heavy (non-hydrogen) atoms. The number of rotatable bonds is 8. The number of ether oxygens (including phenoxy) is 1. The van der Waals surface area contributed by atoms with Crippen LogP contribution in [0.1, 0.15) is 51.0 Å². The Hall–Kier alpha value is -1.79. The van der Waals surface area contributed by atoms with Crippen molar-refractivity contribution in [1.29, 1.82) is 0 Å². The fourth-order valence-corrected chi connectivity index (χ4v) is 2.85. The average Bonchev–Trinajstić information content (AvgIpc) is 2.61. The molecule has 0 aliphatic carbocycles. The summed E-state index contributed by atoms with van der Waals surface area (Å²) in [6, 6.07) is 8.23. The van der Waals surface area contributed by atoms with Crippen molar-refractivity contribution >= 4 is 24.3 Å². The van der Waals surface area contributed by atoms with Crippen molar-refractivity contribution in [3.05, 3.63) is 29.8 Å². The van der Waals surface area contributed by atoms with Crippen LogP contribution in [0.3, 0.4) is 0 Å². The second-order valence-electron chi connectivity index (χ2n) is 6.42. The van der Waals surface area contributed by atoms with Gasteiger partial charge in [-0.1, -0.05) is 18.6 Å². The van der Waals surface area contributed by atoms with Gasteiger partial charge in [0.25, 0.3) is 0 Å². The highest BCUT2D eigenvalue weighted by Crippen LogP contribution is 2.18. The van der Waals surface area contributed by atoms with E-state index >= 15 is 0 Å². The third kappa shape index (κ3) is 9.06. The molecule has 1 aliphatic heterocycles. The van der Waals surface area contributed by atoms with Gasteiger partial charge in [-0.2, -0.15) is 5.48 Å². The van der Waals surface area contributed by atoms with E-state index in [9.17, 15) is 9.59 Å². The van der Waals surface area contributed by atoms with Crippen LogP contribution in [0.5, 0.6) is 5.75 Å². The number of piperidine rings is 1. The summed E-state index contributed by atoms with van der Waals surface area (Å²) in [4.78, 5) is 29.0. The standard InChI is InChI=1S/C19H28N2O4.ClH/c1-16(22)20-25-19(23)10-3-6-13-24-18-9-7-8-17(14-18)15-21-11-4-2-5-12-21;/h7-9,14H,2-6,10-13,15H2,1H3,(H,20,22);1H. The van der Waals surface area contributed by atoms with Crippen molar-refractivity contribution in [3.8, 4) is 5.75 Å². The molecule has 1 fully saturated rings. The number of nitrogens with one attached hydrogen (secondary N) is 1. The normalized spacial score (nSPS) is 14.2. The molecule has 0 spiro atoms. The summed E-state index contributed by atoms with van der Waals surface area (Å²) in [5.41, 5.74) is 3.30. The largest absolute Gasteiger partial charge is 0.494 e. The minimum absolute atomic E-state index is 0. The number of hydrogen-bond donors (Lipinski definition) is 1. The molecule has 1 heterocycles. The molecule has 0 bridgehead atoms. The number of carbonyl (C=O) groups excluding carboxylic acids is 2. The van der Waals surface area contributed by atoms with Crippen molar-refractivity contribution in [2.24, 2.45) is 0 Å². The Bertz CT molecular complexity index is 562. The summed E-state index contributed by atoms with van der Waals surface area (Å²) >= 11 is 0. The molecule has 1 aromatic carbocycles. The molecule has 2 rings (SSSR count). The van der Waals surface area contributed by atoms with Crippen LogP contribution >= 0.6 is 12.4 Å². The van der Waals surface area contributed by atoms with Crippen molar-refractivity contribution < 1.29 is 19.2 Å². The smallest absolute Gasteiger partial charge is 0.332 e. The predicted octanol–water partition coefficient (Wildman–Crippen LogP) is 3.24. The van der Waals surface area contributed by atoms with Gasteiger partial charge in [0.2, 0.25) is 5.91 Å². The molecular formula is C19H29ClN2O4. The number of likely N-dealkylation sites (tertiary alicyclic amines) is 1. The van der Waals surface area contributed by atoms with E-state index in [-0.39, 0.29) is 24.7 Å². The zero-order valence-electron chi connectivity index (χ0n) is 15.4. The molecule has 1 saturated heterocycles. The first-order chi connectivity index (χ1) is 12.1. The minimum atomic E-state index is -0.432. The zero-order chi connectivity index (χ0) is 17.9. The van der Waals surface area contributed by atoms with E-state index in [1.165, 1.54) is 44.8 Å². The average molecular weight is 385 g/mol. The van der Waals surface area contributed by atoms with Crippen LogP contribution in [0.25, 0.3) is 0 Å². The lowest BCUT2D eigenvalue weighted by Gasteiger charge is -2.26. The molecule has 1 aromatic rings. The number of halogens is 1. The Morgan fingerprint density at radius 3 is 2.65 bits per heavy atom. The first kappa shape index (κ1) is 22.3. The van der Waals surface area contributed by atoms with Crippen molar-refractivity contribution in [3.63, 3.8) is 0 Å². The monoisotopic (exact) mass is 384 g/mol. The van der Waals surface area contributed by atoms with Crippen LogP contribution in [0.15, 0.2) is 24.3 Å². The van der Waals surface area contributed by atoms with E-state index in [4.69, 9.17) is 4.74 Å². The van der Waals surface area contributed by atoms with Crippen molar-refractivity contribution in [1.82, 2.24) is 10.4 Å². The van der Waals surface area contributed by atoms with E-state index < -0.39 is 5.97 Å². The Morgan fingerprint density at radius 2 is 1.92 bits per heavy atom. The van der Waals surface area contributed by atoms with Gasteiger partial charge in [0.15, 0.2) is 0 Å². The number of nitrogens with zero attached hydrogens (tertiary/aromatic N) is 1. The van der Waals surface area contributed by atoms with Crippen LogP contribution in [-0.2, 0) is 21.0 Å². The third-order valence-corrected chi connectivity index (χ3v) is 4.11. The Morgan fingerprint density at radius 1 is 1.15 bits per heavy atom. The van der Waals surface area contributed by atoms with Crippen LogP contribution in [0, 0.1) is 0 Å². The number of benzene rings is 1. The first-order valence-electron chi connectivity index (χ1n) is 9.04. The Labute approximate surface area is 161 Å². The first-order valence-corrected chi connectivity index (χ1v) is 9.04. The maximum Gasteiger partial charge on any atom is 0.332 e. The van der Waals surface area contributed by atoms with Crippen LogP contribution in [-0.4, -0.2) is 36.5 Å². The highest BCUT2D eigenvalue weighted by atomic mass is 35.5. The number of hydroxylamine groups is 1. The van der Waals surface area contributed by atoms with Gasteiger partial charge < -0.3 is 9.57 Å². The highest BCUT2D eigenvalue weighted by Gasteiger charge is 2.10. The highest BCUT2D eigenvalue weighted by molar-refractivity contribution is 5.85. The molecule has 0 unspecified atom stereocenters. The fourth-order valence-electron chi connectivity index (χ4n) is 2.85. The molecular weight excluding hydrogens is 356 g/mol. The van der Waals surface area contributed by atoms with E-state index in [0.717, 1.165) is 18.7 Å². The Balaban J connectivity index is 0.00000338. The summed E-state index contributed by atoms with van der Waals surface area (Å²) in [5.74, 6) is 0.0511. The fraction of sp³-hybridized carbons (Fsp3) is 0.579. The van der Waals surface area contributed by atoms with E-state index in [2.05, 4.69) is 21.9 Å². The van der Waals surface area contributed by atoms with Crippen molar-refractivity contribution in [2.75, 3.05) is 19.7 Å². The maximum atomic E-state index is 11.3. The maximum absolute atomic E-state index is 11.3. The molecule has 0 radical (unpaired) electrons. The van der Waals surface area contributed by atoms with Crippen LogP contribution < -0.4 is 10.2 Å². The molecule has 0 saturated carbocycles. The second kappa shape index (κ2) is 12.5. The molecule has 146 valence electrons. The molecule has 1 amide bonds. The molecule has 1 N–H and O–H groups in total. The summed E-state index contributed by atoms with van der Waals surface area (Å²) in [6.45, 7) is 5.19. The van der Waals surface area contributed by atoms with Gasteiger partial charge in [0, 0.05) is 19.9 Å². The van der Waals surface area contributed by atoms with Gasteiger partial charge in [-0.25, -0.2) is 4.79 Å². The lowest BCUT2D eigenvalue weighted by atomic mass is 10.1. The summed E-state index contributed by atoms with van der Waals surface area (Å²) in [6.07, 6.45) is 5.61.